The maximum Gasteiger partial charge on any atom is 0.414 e. The molecule has 0 spiro atoms. The van der Waals surface area contributed by atoms with Crippen LogP contribution >= 0.6 is 0 Å². The quantitative estimate of drug-likeness (QED) is 0.459. The highest BCUT2D eigenvalue weighted by Crippen LogP contribution is 2.35. The number of rotatable bonds is 5. The van der Waals surface area contributed by atoms with Gasteiger partial charge in [-0.05, 0) is 6.07 Å². The molecule has 0 aliphatic carbocycles. The van der Waals surface area contributed by atoms with E-state index in [0.717, 1.165) is 44.8 Å². The maximum atomic E-state index is 11.9. The highest BCUT2D eigenvalue weighted by Gasteiger charge is 2.30. The molecular weight excluding hydrogens is 324 g/mol. The SMILES string of the molecule is C#CCCN1CCN(c2ccc([N+](=O)[O-])cc2N2CCOC2=O)CC1. The Morgan fingerprint density at radius 1 is 1.20 bits per heavy atom. The Morgan fingerprint density at radius 2 is 1.96 bits per heavy atom. The topological polar surface area (TPSA) is 79.2 Å². The lowest BCUT2D eigenvalue weighted by molar-refractivity contribution is -0.384. The van der Waals surface area contributed by atoms with Gasteiger partial charge in [-0.2, -0.15) is 0 Å². The number of benzene rings is 1. The second-order valence-corrected chi connectivity index (χ2v) is 5.98. The number of terminal acetylenes is 1. The summed E-state index contributed by atoms with van der Waals surface area (Å²) in [5, 5.41) is 11.1. The number of carbonyl (C=O) groups is 1. The number of amides is 1. The van der Waals surface area contributed by atoms with Gasteiger partial charge < -0.3 is 9.64 Å². The van der Waals surface area contributed by atoms with Crippen LogP contribution in [0.4, 0.5) is 21.9 Å². The second-order valence-electron chi connectivity index (χ2n) is 5.98. The van der Waals surface area contributed by atoms with Gasteiger partial charge >= 0.3 is 6.09 Å². The van der Waals surface area contributed by atoms with E-state index >= 15 is 0 Å². The molecule has 0 aromatic heterocycles. The Hall–Kier alpha value is -2.79. The molecule has 3 rings (SSSR count). The van der Waals surface area contributed by atoms with Gasteiger partial charge in [-0.15, -0.1) is 12.3 Å². The normalized spacial score (nSPS) is 18.1. The van der Waals surface area contributed by atoms with Crippen LogP contribution in [0.2, 0.25) is 0 Å². The van der Waals surface area contributed by atoms with Crippen molar-refractivity contribution in [2.75, 3.05) is 55.7 Å². The zero-order valence-electron chi connectivity index (χ0n) is 13.9. The first-order valence-electron chi connectivity index (χ1n) is 8.23. The minimum absolute atomic E-state index is 0.0360. The third kappa shape index (κ3) is 3.67. The highest BCUT2D eigenvalue weighted by atomic mass is 16.6. The van der Waals surface area contributed by atoms with E-state index in [2.05, 4.69) is 15.7 Å². The van der Waals surface area contributed by atoms with Crippen LogP contribution in [0.5, 0.6) is 0 Å². The molecule has 2 fully saturated rings. The minimum Gasteiger partial charge on any atom is -0.447 e. The van der Waals surface area contributed by atoms with Gasteiger partial charge in [0.2, 0.25) is 0 Å². The van der Waals surface area contributed by atoms with Crippen LogP contribution in [-0.4, -0.2) is 61.8 Å². The van der Waals surface area contributed by atoms with Gasteiger partial charge in [-0.3, -0.25) is 19.9 Å². The van der Waals surface area contributed by atoms with Gasteiger partial charge in [0.1, 0.15) is 6.61 Å². The van der Waals surface area contributed by atoms with Crippen LogP contribution in [0.15, 0.2) is 18.2 Å². The molecule has 0 unspecified atom stereocenters. The molecule has 25 heavy (non-hydrogen) atoms. The lowest BCUT2D eigenvalue weighted by Gasteiger charge is -2.37. The van der Waals surface area contributed by atoms with E-state index in [1.54, 1.807) is 6.07 Å². The molecule has 1 amide bonds. The Morgan fingerprint density at radius 3 is 2.56 bits per heavy atom. The number of nitro groups is 1. The number of ether oxygens (including phenoxy) is 1. The molecule has 8 heteroatoms. The Kier molecular flexibility index (Phi) is 5.05. The summed E-state index contributed by atoms with van der Waals surface area (Å²) in [6, 6.07) is 4.65. The third-order valence-electron chi connectivity index (χ3n) is 4.51. The molecule has 2 aliphatic rings. The lowest BCUT2D eigenvalue weighted by atomic mass is 10.1. The molecule has 0 N–H and O–H groups in total. The summed E-state index contributed by atoms with van der Waals surface area (Å²) in [5.41, 5.74) is 1.32. The first-order chi connectivity index (χ1) is 12.1. The van der Waals surface area contributed by atoms with Gasteiger partial charge in [0.15, 0.2) is 0 Å². The average molecular weight is 344 g/mol. The molecule has 132 valence electrons. The molecule has 0 atom stereocenters. The fourth-order valence-electron chi connectivity index (χ4n) is 3.16. The van der Waals surface area contributed by atoms with Crippen molar-refractivity contribution >= 4 is 23.2 Å². The molecule has 8 nitrogen and oxygen atoms in total. The van der Waals surface area contributed by atoms with E-state index in [1.807, 2.05) is 0 Å². The van der Waals surface area contributed by atoms with Crippen molar-refractivity contribution in [3.8, 4) is 12.3 Å². The minimum atomic E-state index is -0.464. The Balaban J connectivity index is 1.82. The van der Waals surface area contributed by atoms with Gasteiger partial charge in [0.25, 0.3) is 5.69 Å². The van der Waals surface area contributed by atoms with E-state index in [-0.39, 0.29) is 5.69 Å². The summed E-state index contributed by atoms with van der Waals surface area (Å²) < 4.78 is 5.00. The number of hydrogen-bond donors (Lipinski definition) is 0. The van der Waals surface area contributed by atoms with Crippen LogP contribution in [0.1, 0.15) is 6.42 Å². The number of non-ortho nitro benzene ring substituents is 1. The molecular formula is C17H20N4O4. The lowest BCUT2D eigenvalue weighted by Crippen LogP contribution is -2.47. The predicted octanol–water partition coefficient (Wildman–Crippen LogP) is 1.70. The molecule has 1 aromatic rings. The zero-order chi connectivity index (χ0) is 17.8. The monoisotopic (exact) mass is 344 g/mol. The molecule has 0 saturated carbocycles. The van der Waals surface area contributed by atoms with Crippen molar-refractivity contribution in [1.82, 2.24) is 4.90 Å². The van der Waals surface area contributed by atoms with Gasteiger partial charge in [-0.1, -0.05) is 0 Å². The summed E-state index contributed by atoms with van der Waals surface area (Å²) >= 11 is 0. The number of cyclic esters (lactones) is 1. The van der Waals surface area contributed by atoms with Crippen molar-refractivity contribution in [2.24, 2.45) is 0 Å². The Labute approximate surface area is 146 Å². The van der Waals surface area contributed by atoms with Crippen LogP contribution in [0.3, 0.4) is 0 Å². The van der Waals surface area contributed by atoms with E-state index in [9.17, 15) is 14.9 Å². The number of anilines is 2. The first kappa shape index (κ1) is 17.0. The van der Waals surface area contributed by atoms with E-state index in [1.165, 1.54) is 17.0 Å². The van der Waals surface area contributed by atoms with Crippen molar-refractivity contribution in [3.63, 3.8) is 0 Å². The summed E-state index contributed by atoms with van der Waals surface area (Å²) in [4.78, 5) is 28.5. The predicted molar refractivity (Wildman–Crippen MR) is 93.9 cm³/mol. The maximum absolute atomic E-state index is 11.9. The van der Waals surface area contributed by atoms with Gasteiger partial charge in [0.05, 0.1) is 22.8 Å². The summed E-state index contributed by atoms with van der Waals surface area (Å²) in [7, 11) is 0. The van der Waals surface area contributed by atoms with E-state index in [0.29, 0.717) is 18.8 Å². The zero-order valence-corrected chi connectivity index (χ0v) is 13.9. The van der Waals surface area contributed by atoms with Gasteiger partial charge in [-0.25, -0.2) is 4.79 Å². The summed E-state index contributed by atoms with van der Waals surface area (Å²) in [5.74, 6) is 2.65. The second kappa shape index (κ2) is 7.40. The molecule has 2 saturated heterocycles. The largest absolute Gasteiger partial charge is 0.447 e. The van der Waals surface area contributed by atoms with E-state index < -0.39 is 11.0 Å². The fraction of sp³-hybridized carbons (Fsp3) is 0.471. The van der Waals surface area contributed by atoms with Crippen LogP contribution < -0.4 is 9.80 Å². The number of piperazine rings is 1. The summed E-state index contributed by atoms with van der Waals surface area (Å²) in [6.07, 6.45) is 5.58. The van der Waals surface area contributed by atoms with Crippen LogP contribution in [0, 0.1) is 22.5 Å². The van der Waals surface area contributed by atoms with Crippen molar-refractivity contribution in [2.45, 2.75) is 6.42 Å². The third-order valence-corrected chi connectivity index (χ3v) is 4.51. The molecule has 1 aromatic carbocycles. The molecule has 2 aliphatic heterocycles. The molecule has 0 bridgehead atoms. The number of carbonyl (C=O) groups excluding carboxylic acids is 1. The summed E-state index contributed by atoms with van der Waals surface area (Å²) in [6.45, 7) is 4.84. The molecule has 0 radical (unpaired) electrons. The number of hydrogen-bond acceptors (Lipinski definition) is 6. The average Bonchev–Trinajstić information content (AvgIpc) is 3.05. The van der Waals surface area contributed by atoms with E-state index in [4.69, 9.17) is 11.2 Å². The first-order valence-corrected chi connectivity index (χ1v) is 8.23. The highest BCUT2D eigenvalue weighted by molar-refractivity contribution is 5.94. The van der Waals surface area contributed by atoms with Crippen molar-refractivity contribution in [3.05, 3.63) is 28.3 Å². The Bertz CT molecular complexity index is 707. The standard InChI is InChI=1S/C17H20N4O4/c1-2-3-6-18-7-9-19(10-8-18)15-5-4-14(21(23)24)13-16(15)20-11-12-25-17(20)22/h1,4-5,13H,3,6-12H2. The number of nitrogens with zero attached hydrogens (tertiary/aromatic N) is 4. The van der Waals surface area contributed by atoms with Crippen LogP contribution in [0.25, 0.3) is 0 Å². The fourth-order valence-corrected chi connectivity index (χ4v) is 3.16. The van der Waals surface area contributed by atoms with Crippen molar-refractivity contribution < 1.29 is 14.5 Å². The van der Waals surface area contributed by atoms with Crippen molar-refractivity contribution in [1.29, 1.82) is 0 Å². The number of nitro benzene ring substituents is 1. The van der Waals surface area contributed by atoms with Gasteiger partial charge in [0, 0.05) is 51.3 Å². The van der Waals surface area contributed by atoms with Crippen LogP contribution in [-0.2, 0) is 4.74 Å². The molecule has 2 heterocycles. The smallest absolute Gasteiger partial charge is 0.414 e.